The van der Waals surface area contributed by atoms with Gasteiger partial charge in [-0.05, 0) is 24.1 Å². The lowest BCUT2D eigenvalue weighted by Crippen LogP contribution is -2.34. The van der Waals surface area contributed by atoms with E-state index in [0.717, 1.165) is 12.0 Å². The first-order valence-electron chi connectivity index (χ1n) is 6.81. The quantitative estimate of drug-likeness (QED) is 0.927. The van der Waals surface area contributed by atoms with Crippen molar-refractivity contribution in [1.29, 1.82) is 0 Å². The fourth-order valence-corrected chi connectivity index (χ4v) is 2.57. The van der Waals surface area contributed by atoms with E-state index in [2.05, 4.69) is 5.32 Å². The van der Waals surface area contributed by atoms with Crippen molar-refractivity contribution in [1.82, 2.24) is 10.2 Å². The molecule has 1 N–H and O–H groups in total. The Balaban J connectivity index is 2.01. The van der Waals surface area contributed by atoms with E-state index in [4.69, 9.17) is 11.6 Å². The number of amides is 2. The summed E-state index contributed by atoms with van der Waals surface area (Å²) in [5, 5.41) is 3.70. The van der Waals surface area contributed by atoms with Crippen molar-refractivity contribution in [3.8, 4) is 0 Å². The highest BCUT2D eigenvalue weighted by Crippen LogP contribution is 2.22. The number of carbonyl (C=O) groups is 2. The van der Waals surface area contributed by atoms with E-state index in [-0.39, 0.29) is 23.8 Å². The zero-order chi connectivity index (χ0) is 14.7. The standard InChI is InChI=1S/C15H19ClN2O2/c1-3-13(10-4-6-12(16)7-5-10)17-15(20)11-8-14(19)18(2)9-11/h4-7,11,13H,3,8-9H2,1-2H3,(H,17,20)/t11-,13-/m0/s1. The Morgan fingerprint density at radius 1 is 1.45 bits per heavy atom. The second-order valence-corrected chi connectivity index (χ2v) is 5.63. The molecule has 1 heterocycles. The number of nitrogens with one attached hydrogen (secondary N) is 1. The Morgan fingerprint density at radius 2 is 2.10 bits per heavy atom. The summed E-state index contributed by atoms with van der Waals surface area (Å²) in [5.74, 6) is -0.261. The summed E-state index contributed by atoms with van der Waals surface area (Å²) in [4.78, 5) is 25.3. The van der Waals surface area contributed by atoms with Crippen LogP contribution in [0.15, 0.2) is 24.3 Å². The van der Waals surface area contributed by atoms with Crippen LogP contribution in [0.1, 0.15) is 31.4 Å². The van der Waals surface area contributed by atoms with E-state index >= 15 is 0 Å². The van der Waals surface area contributed by atoms with E-state index in [9.17, 15) is 9.59 Å². The maximum Gasteiger partial charge on any atom is 0.225 e. The Hall–Kier alpha value is -1.55. The first kappa shape index (κ1) is 14.9. The molecular weight excluding hydrogens is 276 g/mol. The second kappa shape index (κ2) is 6.27. The van der Waals surface area contributed by atoms with Gasteiger partial charge in [0, 0.05) is 25.0 Å². The van der Waals surface area contributed by atoms with Crippen LogP contribution in [0.5, 0.6) is 0 Å². The van der Waals surface area contributed by atoms with Crippen LogP contribution in [0, 0.1) is 5.92 Å². The maximum absolute atomic E-state index is 12.2. The summed E-state index contributed by atoms with van der Waals surface area (Å²) in [6.45, 7) is 2.52. The zero-order valence-electron chi connectivity index (χ0n) is 11.7. The Morgan fingerprint density at radius 3 is 2.60 bits per heavy atom. The molecule has 1 aromatic rings. The van der Waals surface area contributed by atoms with Crippen LogP contribution >= 0.6 is 11.6 Å². The summed E-state index contributed by atoms with van der Waals surface area (Å²) in [5.41, 5.74) is 1.03. The van der Waals surface area contributed by atoms with Crippen molar-refractivity contribution in [2.24, 2.45) is 5.92 Å². The number of hydrogen-bond acceptors (Lipinski definition) is 2. The van der Waals surface area contributed by atoms with Gasteiger partial charge in [0.05, 0.1) is 12.0 Å². The molecule has 0 bridgehead atoms. The molecule has 1 saturated heterocycles. The van der Waals surface area contributed by atoms with E-state index in [1.807, 2.05) is 31.2 Å². The number of nitrogens with zero attached hydrogens (tertiary/aromatic N) is 1. The fourth-order valence-electron chi connectivity index (χ4n) is 2.44. The largest absolute Gasteiger partial charge is 0.349 e. The number of hydrogen-bond donors (Lipinski definition) is 1. The molecule has 0 spiro atoms. The van der Waals surface area contributed by atoms with Crippen LogP contribution in [0.4, 0.5) is 0 Å². The lowest BCUT2D eigenvalue weighted by Gasteiger charge is -2.20. The zero-order valence-corrected chi connectivity index (χ0v) is 12.5. The topological polar surface area (TPSA) is 49.4 Å². The smallest absolute Gasteiger partial charge is 0.225 e. The van der Waals surface area contributed by atoms with Gasteiger partial charge in [-0.1, -0.05) is 30.7 Å². The SMILES string of the molecule is CC[C@H](NC(=O)[C@H]1CC(=O)N(C)C1)c1ccc(Cl)cc1. The average molecular weight is 295 g/mol. The Kier molecular flexibility index (Phi) is 4.65. The summed E-state index contributed by atoms with van der Waals surface area (Å²) >= 11 is 5.87. The molecule has 20 heavy (non-hydrogen) atoms. The monoisotopic (exact) mass is 294 g/mol. The van der Waals surface area contributed by atoms with Gasteiger partial charge >= 0.3 is 0 Å². The highest BCUT2D eigenvalue weighted by molar-refractivity contribution is 6.30. The van der Waals surface area contributed by atoms with Gasteiger partial charge in [0.1, 0.15) is 0 Å². The third kappa shape index (κ3) is 3.31. The summed E-state index contributed by atoms with van der Waals surface area (Å²) < 4.78 is 0. The minimum atomic E-state index is -0.242. The predicted octanol–water partition coefficient (Wildman–Crippen LogP) is 2.39. The Bertz CT molecular complexity index is 501. The summed E-state index contributed by atoms with van der Waals surface area (Å²) in [6.07, 6.45) is 1.10. The molecule has 2 rings (SSSR count). The molecule has 1 aliphatic rings. The fraction of sp³-hybridized carbons (Fsp3) is 0.467. The van der Waals surface area contributed by atoms with E-state index in [1.54, 1.807) is 11.9 Å². The predicted molar refractivity (Wildman–Crippen MR) is 78.4 cm³/mol. The van der Waals surface area contributed by atoms with Gasteiger partial charge in [-0.2, -0.15) is 0 Å². The van der Waals surface area contributed by atoms with Gasteiger partial charge in [-0.15, -0.1) is 0 Å². The second-order valence-electron chi connectivity index (χ2n) is 5.20. The van der Waals surface area contributed by atoms with Crippen molar-refractivity contribution in [3.05, 3.63) is 34.9 Å². The number of likely N-dealkylation sites (tertiary alicyclic amines) is 1. The lowest BCUT2D eigenvalue weighted by atomic mass is 10.0. The first-order chi connectivity index (χ1) is 9.51. The van der Waals surface area contributed by atoms with Gasteiger partial charge in [0.25, 0.3) is 0 Å². The molecule has 1 fully saturated rings. The van der Waals surface area contributed by atoms with E-state index in [0.29, 0.717) is 18.0 Å². The summed E-state index contributed by atoms with van der Waals surface area (Å²) in [7, 11) is 1.73. The van der Waals surface area contributed by atoms with Crippen LogP contribution in [0.3, 0.4) is 0 Å². The Labute approximate surface area is 124 Å². The molecule has 1 aromatic carbocycles. The lowest BCUT2D eigenvalue weighted by molar-refractivity contribution is -0.128. The molecule has 0 radical (unpaired) electrons. The van der Waals surface area contributed by atoms with Crippen molar-refractivity contribution in [2.45, 2.75) is 25.8 Å². The van der Waals surface area contributed by atoms with Crippen LogP contribution < -0.4 is 5.32 Å². The number of benzene rings is 1. The van der Waals surface area contributed by atoms with Gasteiger partial charge in [0.2, 0.25) is 11.8 Å². The highest BCUT2D eigenvalue weighted by Gasteiger charge is 2.32. The molecular formula is C15H19ClN2O2. The third-order valence-corrected chi connectivity index (χ3v) is 3.96. The van der Waals surface area contributed by atoms with Gasteiger partial charge in [-0.3, -0.25) is 9.59 Å². The molecule has 4 nitrogen and oxygen atoms in total. The molecule has 2 amide bonds. The van der Waals surface area contributed by atoms with Crippen LogP contribution in [-0.4, -0.2) is 30.3 Å². The minimum absolute atomic E-state index is 0.0321. The molecule has 0 unspecified atom stereocenters. The van der Waals surface area contributed by atoms with E-state index in [1.165, 1.54) is 0 Å². The maximum atomic E-state index is 12.2. The molecule has 5 heteroatoms. The summed E-state index contributed by atoms with van der Waals surface area (Å²) in [6, 6.07) is 7.43. The molecule has 0 saturated carbocycles. The van der Waals surface area contributed by atoms with Crippen molar-refractivity contribution in [3.63, 3.8) is 0 Å². The van der Waals surface area contributed by atoms with Gasteiger partial charge < -0.3 is 10.2 Å². The van der Waals surface area contributed by atoms with Crippen LogP contribution in [0.25, 0.3) is 0 Å². The highest BCUT2D eigenvalue weighted by atomic mass is 35.5. The van der Waals surface area contributed by atoms with Crippen molar-refractivity contribution < 1.29 is 9.59 Å². The number of rotatable bonds is 4. The first-order valence-corrected chi connectivity index (χ1v) is 7.19. The third-order valence-electron chi connectivity index (χ3n) is 3.71. The van der Waals surface area contributed by atoms with Crippen molar-refractivity contribution in [2.75, 3.05) is 13.6 Å². The van der Waals surface area contributed by atoms with E-state index < -0.39 is 0 Å². The molecule has 1 aliphatic heterocycles. The minimum Gasteiger partial charge on any atom is -0.349 e. The molecule has 108 valence electrons. The van der Waals surface area contributed by atoms with Crippen LogP contribution in [0.2, 0.25) is 5.02 Å². The molecule has 2 atom stereocenters. The van der Waals surface area contributed by atoms with Crippen LogP contribution in [-0.2, 0) is 9.59 Å². The number of carbonyl (C=O) groups excluding carboxylic acids is 2. The average Bonchev–Trinajstić information content (AvgIpc) is 2.77. The number of halogens is 1. The molecule has 0 aromatic heterocycles. The van der Waals surface area contributed by atoms with Gasteiger partial charge in [-0.25, -0.2) is 0 Å². The normalized spacial score (nSPS) is 20.1. The van der Waals surface area contributed by atoms with Crippen molar-refractivity contribution >= 4 is 23.4 Å². The van der Waals surface area contributed by atoms with Gasteiger partial charge in [0.15, 0.2) is 0 Å². The molecule has 0 aliphatic carbocycles.